The maximum atomic E-state index is 12.0. The van der Waals surface area contributed by atoms with Gasteiger partial charge in [-0.1, -0.05) is 48.5 Å². The van der Waals surface area contributed by atoms with E-state index in [0.717, 1.165) is 17.3 Å². The van der Waals surface area contributed by atoms with Gasteiger partial charge in [0.15, 0.2) is 0 Å². The highest BCUT2D eigenvalue weighted by atomic mass is 35.5. The molecule has 0 bridgehead atoms. The van der Waals surface area contributed by atoms with Crippen molar-refractivity contribution in [3.8, 4) is 0 Å². The van der Waals surface area contributed by atoms with Crippen LogP contribution in [0.3, 0.4) is 0 Å². The first-order valence-electron chi connectivity index (χ1n) is 6.93. The van der Waals surface area contributed by atoms with Gasteiger partial charge < -0.3 is 4.90 Å². The largest absolute Gasteiger partial charge is 0.334 e. The molecule has 0 saturated heterocycles. The van der Waals surface area contributed by atoms with Gasteiger partial charge in [-0.05, 0) is 29.7 Å². The van der Waals surface area contributed by atoms with Gasteiger partial charge in [0.25, 0.3) is 0 Å². The zero-order valence-electron chi connectivity index (χ0n) is 11.6. The molecular formula is C17H16ClNOS. The number of thiophene rings is 1. The number of nitrogens with zero attached hydrogens (tertiary/aromatic N) is 1. The van der Waals surface area contributed by atoms with E-state index in [2.05, 4.69) is 36.9 Å². The second-order valence-corrected chi connectivity index (χ2v) is 6.91. The van der Waals surface area contributed by atoms with E-state index >= 15 is 0 Å². The molecule has 1 atom stereocenters. The molecule has 2 aromatic rings. The van der Waals surface area contributed by atoms with Crippen LogP contribution in [-0.2, 0) is 11.3 Å². The Hall–Kier alpha value is -1.58. The van der Waals surface area contributed by atoms with Crippen LogP contribution in [0.1, 0.15) is 28.3 Å². The summed E-state index contributed by atoms with van der Waals surface area (Å²) < 4.78 is 0.786. The number of carbonyl (C=O) groups is 1. The summed E-state index contributed by atoms with van der Waals surface area (Å²) in [6.07, 6.45) is 2.29. The fraction of sp³-hybridized carbons (Fsp3) is 0.235. The van der Waals surface area contributed by atoms with E-state index < -0.39 is 0 Å². The summed E-state index contributed by atoms with van der Waals surface area (Å²) in [5.74, 6) is 0.284. The lowest BCUT2D eigenvalue weighted by molar-refractivity contribution is -0.126. The third-order valence-electron chi connectivity index (χ3n) is 3.90. The molecule has 0 N–H and O–H groups in total. The van der Waals surface area contributed by atoms with Crippen LogP contribution in [0.15, 0.2) is 49.1 Å². The normalized spacial score (nSPS) is 18.0. The predicted octanol–water partition coefficient (Wildman–Crippen LogP) is 4.45. The molecule has 2 heterocycles. The van der Waals surface area contributed by atoms with Crippen LogP contribution in [0.2, 0.25) is 4.34 Å². The minimum atomic E-state index is -0.0146. The second kappa shape index (κ2) is 6.04. The minimum absolute atomic E-state index is 0.0146. The van der Waals surface area contributed by atoms with Crippen LogP contribution in [0.25, 0.3) is 0 Å². The summed E-state index contributed by atoms with van der Waals surface area (Å²) in [5.41, 5.74) is 2.54. The maximum Gasteiger partial charge on any atom is 0.246 e. The second-order valence-electron chi connectivity index (χ2n) is 5.14. The number of amides is 1. The molecule has 0 spiro atoms. The Morgan fingerprint density at radius 2 is 2.14 bits per heavy atom. The van der Waals surface area contributed by atoms with Gasteiger partial charge in [-0.2, -0.15) is 0 Å². The van der Waals surface area contributed by atoms with Crippen molar-refractivity contribution >= 4 is 28.8 Å². The number of benzene rings is 1. The summed E-state index contributed by atoms with van der Waals surface area (Å²) in [5, 5.41) is 0. The summed E-state index contributed by atoms with van der Waals surface area (Å²) in [6, 6.07) is 12.5. The Labute approximate surface area is 133 Å². The molecule has 1 aliphatic heterocycles. The molecule has 0 saturated carbocycles. The number of fused-ring (bicyclic) bond motifs is 1. The van der Waals surface area contributed by atoms with Crippen molar-refractivity contribution < 1.29 is 4.79 Å². The van der Waals surface area contributed by atoms with Crippen molar-refractivity contribution in [3.63, 3.8) is 0 Å². The van der Waals surface area contributed by atoms with Gasteiger partial charge in [0, 0.05) is 17.3 Å². The van der Waals surface area contributed by atoms with Crippen molar-refractivity contribution in [1.82, 2.24) is 4.90 Å². The van der Waals surface area contributed by atoms with Crippen LogP contribution in [-0.4, -0.2) is 17.4 Å². The van der Waals surface area contributed by atoms with Gasteiger partial charge in [0.1, 0.15) is 0 Å². The van der Waals surface area contributed by atoms with Gasteiger partial charge in [0.2, 0.25) is 5.91 Å². The molecule has 0 unspecified atom stereocenters. The Kier molecular flexibility index (Phi) is 4.13. The molecule has 0 radical (unpaired) electrons. The lowest BCUT2D eigenvalue weighted by atomic mass is 9.89. The van der Waals surface area contributed by atoms with Gasteiger partial charge in [-0.15, -0.1) is 11.3 Å². The third-order valence-corrected chi connectivity index (χ3v) is 5.16. The molecule has 1 aliphatic rings. The summed E-state index contributed by atoms with van der Waals surface area (Å²) in [4.78, 5) is 15.0. The molecule has 3 rings (SSSR count). The standard InChI is InChI=1S/C17H16ClNOS/c1-2-17(20)19-9-8-13(12-6-4-3-5-7-12)14-10-16(18)21-15(14)11-19/h2-7,10,13H,1,8-9,11H2/t13-/m1/s1. The van der Waals surface area contributed by atoms with Crippen molar-refractivity contribution in [2.45, 2.75) is 18.9 Å². The smallest absolute Gasteiger partial charge is 0.246 e. The quantitative estimate of drug-likeness (QED) is 0.749. The molecule has 21 heavy (non-hydrogen) atoms. The van der Waals surface area contributed by atoms with Crippen molar-refractivity contribution in [3.05, 3.63) is 69.4 Å². The van der Waals surface area contributed by atoms with Gasteiger partial charge in [-0.3, -0.25) is 4.79 Å². The summed E-state index contributed by atoms with van der Waals surface area (Å²) in [7, 11) is 0. The van der Waals surface area contributed by atoms with Gasteiger partial charge >= 0.3 is 0 Å². The fourth-order valence-electron chi connectivity index (χ4n) is 2.87. The number of hydrogen-bond donors (Lipinski definition) is 0. The molecule has 108 valence electrons. The Balaban J connectivity index is 2.00. The van der Waals surface area contributed by atoms with Crippen molar-refractivity contribution in [2.75, 3.05) is 6.54 Å². The van der Waals surface area contributed by atoms with Gasteiger partial charge in [-0.25, -0.2) is 0 Å². The number of carbonyl (C=O) groups excluding carboxylic acids is 1. The lowest BCUT2D eigenvalue weighted by Crippen LogP contribution is -2.28. The number of rotatable bonds is 2. The monoisotopic (exact) mass is 317 g/mol. The minimum Gasteiger partial charge on any atom is -0.334 e. The predicted molar refractivity (Wildman–Crippen MR) is 87.8 cm³/mol. The molecule has 4 heteroatoms. The van der Waals surface area contributed by atoms with Gasteiger partial charge in [0.05, 0.1) is 10.9 Å². The Bertz CT molecular complexity index is 665. The molecule has 1 aromatic heterocycles. The summed E-state index contributed by atoms with van der Waals surface area (Å²) >= 11 is 7.78. The molecule has 0 fully saturated rings. The van der Waals surface area contributed by atoms with Crippen LogP contribution >= 0.6 is 22.9 Å². The third kappa shape index (κ3) is 2.89. The first kappa shape index (κ1) is 14.4. The van der Waals surface area contributed by atoms with Crippen LogP contribution in [0, 0.1) is 0 Å². The molecule has 1 aromatic carbocycles. The molecular weight excluding hydrogens is 302 g/mol. The Morgan fingerprint density at radius 3 is 2.86 bits per heavy atom. The topological polar surface area (TPSA) is 20.3 Å². The Morgan fingerprint density at radius 1 is 1.38 bits per heavy atom. The zero-order chi connectivity index (χ0) is 14.8. The van der Waals surface area contributed by atoms with Crippen LogP contribution < -0.4 is 0 Å². The SMILES string of the molecule is C=CC(=O)N1CC[C@H](c2ccccc2)c2cc(Cl)sc2C1. The highest BCUT2D eigenvalue weighted by Gasteiger charge is 2.27. The highest BCUT2D eigenvalue weighted by molar-refractivity contribution is 7.16. The van der Waals surface area contributed by atoms with Crippen LogP contribution in [0.4, 0.5) is 0 Å². The van der Waals surface area contributed by atoms with E-state index in [9.17, 15) is 4.79 Å². The first-order chi connectivity index (χ1) is 10.2. The molecule has 1 amide bonds. The fourth-order valence-corrected chi connectivity index (χ4v) is 4.23. The van der Waals surface area contributed by atoms with E-state index in [0.29, 0.717) is 12.5 Å². The molecule has 2 nitrogen and oxygen atoms in total. The van der Waals surface area contributed by atoms with Crippen LogP contribution in [0.5, 0.6) is 0 Å². The highest BCUT2D eigenvalue weighted by Crippen LogP contribution is 2.40. The maximum absolute atomic E-state index is 12.0. The van der Waals surface area contributed by atoms with Crippen molar-refractivity contribution in [2.24, 2.45) is 0 Å². The number of halogens is 1. The number of hydrogen-bond acceptors (Lipinski definition) is 2. The van der Waals surface area contributed by atoms with E-state index in [-0.39, 0.29) is 5.91 Å². The van der Waals surface area contributed by atoms with E-state index in [1.54, 1.807) is 11.3 Å². The average molecular weight is 318 g/mol. The average Bonchev–Trinajstić information content (AvgIpc) is 2.77. The summed E-state index contributed by atoms with van der Waals surface area (Å²) in [6.45, 7) is 4.96. The lowest BCUT2D eigenvalue weighted by Gasteiger charge is -2.19. The van der Waals surface area contributed by atoms with Crippen molar-refractivity contribution in [1.29, 1.82) is 0 Å². The van der Waals surface area contributed by atoms with E-state index in [1.807, 2.05) is 11.0 Å². The van der Waals surface area contributed by atoms with E-state index in [4.69, 9.17) is 11.6 Å². The van der Waals surface area contributed by atoms with E-state index in [1.165, 1.54) is 22.1 Å². The molecule has 0 aliphatic carbocycles. The zero-order valence-corrected chi connectivity index (χ0v) is 13.2. The first-order valence-corrected chi connectivity index (χ1v) is 8.13.